The molecule has 0 aliphatic heterocycles. The van der Waals surface area contributed by atoms with E-state index in [1.807, 2.05) is 17.5 Å². The zero-order chi connectivity index (χ0) is 16.7. The van der Waals surface area contributed by atoms with Gasteiger partial charge >= 0.3 is 0 Å². The van der Waals surface area contributed by atoms with Crippen LogP contribution in [0, 0.1) is 10.1 Å². The Morgan fingerprint density at radius 3 is 2.83 bits per heavy atom. The van der Waals surface area contributed by atoms with Gasteiger partial charge in [0.05, 0.1) is 18.1 Å². The number of nitrogens with zero attached hydrogens (tertiary/aromatic N) is 1. The zero-order valence-electron chi connectivity index (χ0n) is 12.5. The van der Waals surface area contributed by atoms with Gasteiger partial charge in [-0.15, -0.1) is 11.3 Å². The van der Waals surface area contributed by atoms with E-state index in [1.54, 1.807) is 11.3 Å². The van der Waals surface area contributed by atoms with Crippen molar-refractivity contribution in [1.82, 2.24) is 5.32 Å². The summed E-state index contributed by atoms with van der Waals surface area (Å²) in [7, 11) is 1.43. The molecular formula is C15H16N2O5S. The van der Waals surface area contributed by atoms with Gasteiger partial charge in [-0.1, -0.05) is 6.07 Å². The number of carbonyl (C=O) groups excluding carboxylic acids is 1. The molecule has 1 amide bonds. The predicted molar refractivity (Wildman–Crippen MR) is 86.2 cm³/mol. The molecule has 122 valence electrons. The predicted octanol–water partition coefficient (Wildman–Crippen LogP) is 2.40. The third-order valence-electron chi connectivity index (χ3n) is 2.99. The van der Waals surface area contributed by atoms with E-state index in [2.05, 4.69) is 5.32 Å². The fourth-order valence-corrected chi connectivity index (χ4v) is 2.58. The van der Waals surface area contributed by atoms with Crippen LogP contribution in [0.2, 0.25) is 0 Å². The molecule has 1 heterocycles. The van der Waals surface area contributed by atoms with E-state index in [4.69, 9.17) is 9.47 Å². The van der Waals surface area contributed by atoms with Crippen molar-refractivity contribution >= 4 is 22.9 Å². The van der Waals surface area contributed by atoms with Crippen molar-refractivity contribution in [3.05, 3.63) is 50.7 Å². The molecule has 1 N–H and O–H groups in total. The maximum atomic E-state index is 11.8. The standard InChI is InChI=1S/C15H16N2O5S/c1-21-13-5-4-11(17(19)20)9-14(13)22-10-15(18)16-7-6-12-3-2-8-23-12/h2-5,8-9H,6-7,10H2,1H3,(H,16,18). The second-order valence-electron chi connectivity index (χ2n) is 4.56. The van der Waals surface area contributed by atoms with Gasteiger partial charge in [0, 0.05) is 17.5 Å². The molecule has 0 radical (unpaired) electrons. The van der Waals surface area contributed by atoms with Gasteiger partial charge in [-0.05, 0) is 23.9 Å². The first kappa shape index (κ1) is 16.8. The number of nitrogens with one attached hydrogen (secondary N) is 1. The second kappa shape index (κ2) is 8.14. The molecule has 0 saturated heterocycles. The average Bonchev–Trinajstić information content (AvgIpc) is 3.05. The molecule has 0 atom stereocenters. The van der Waals surface area contributed by atoms with Crippen molar-refractivity contribution < 1.29 is 19.2 Å². The lowest BCUT2D eigenvalue weighted by molar-refractivity contribution is -0.385. The van der Waals surface area contributed by atoms with Gasteiger partial charge in [0.1, 0.15) is 0 Å². The van der Waals surface area contributed by atoms with Crippen molar-refractivity contribution in [2.45, 2.75) is 6.42 Å². The van der Waals surface area contributed by atoms with Gasteiger partial charge in [0.25, 0.3) is 11.6 Å². The quantitative estimate of drug-likeness (QED) is 0.590. The molecule has 0 aliphatic carbocycles. The summed E-state index contributed by atoms with van der Waals surface area (Å²) in [6.07, 6.45) is 0.754. The van der Waals surface area contributed by atoms with E-state index in [0.29, 0.717) is 12.3 Å². The number of ether oxygens (including phenoxy) is 2. The number of non-ortho nitro benzene ring substituents is 1. The van der Waals surface area contributed by atoms with Gasteiger partial charge < -0.3 is 14.8 Å². The van der Waals surface area contributed by atoms with Crippen molar-refractivity contribution in [2.24, 2.45) is 0 Å². The minimum atomic E-state index is -0.534. The largest absolute Gasteiger partial charge is 0.493 e. The van der Waals surface area contributed by atoms with Crippen molar-refractivity contribution in [3.8, 4) is 11.5 Å². The van der Waals surface area contributed by atoms with Crippen LogP contribution >= 0.6 is 11.3 Å². The maximum Gasteiger partial charge on any atom is 0.273 e. The minimum Gasteiger partial charge on any atom is -0.493 e. The number of carbonyl (C=O) groups is 1. The third kappa shape index (κ3) is 4.96. The van der Waals surface area contributed by atoms with Crippen LogP contribution in [0.15, 0.2) is 35.7 Å². The SMILES string of the molecule is COc1ccc([N+](=O)[O-])cc1OCC(=O)NCCc1cccs1. The molecule has 2 rings (SSSR count). The number of benzene rings is 1. The topological polar surface area (TPSA) is 90.7 Å². The molecule has 8 heteroatoms. The van der Waals surface area contributed by atoms with Crippen LogP contribution < -0.4 is 14.8 Å². The average molecular weight is 336 g/mol. The number of rotatable bonds is 8. The molecule has 0 aliphatic rings. The fourth-order valence-electron chi connectivity index (χ4n) is 1.87. The maximum absolute atomic E-state index is 11.8. The number of thiophene rings is 1. The molecule has 0 saturated carbocycles. The summed E-state index contributed by atoms with van der Waals surface area (Å²) >= 11 is 1.63. The summed E-state index contributed by atoms with van der Waals surface area (Å²) in [5.41, 5.74) is -0.126. The summed E-state index contributed by atoms with van der Waals surface area (Å²) in [6, 6.07) is 7.94. The molecule has 0 fully saturated rings. The highest BCUT2D eigenvalue weighted by Crippen LogP contribution is 2.30. The molecule has 0 spiro atoms. The Labute approximate surface area is 137 Å². The Bertz CT molecular complexity index is 673. The van der Waals surface area contributed by atoms with Gasteiger partial charge in [-0.25, -0.2) is 0 Å². The Morgan fingerprint density at radius 1 is 1.35 bits per heavy atom. The van der Waals surface area contributed by atoms with E-state index in [0.717, 1.165) is 6.42 Å². The molecular weight excluding hydrogens is 320 g/mol. The molecule has 1 aromatic carbocycles. The van der Waals surface area contributed by atoms with Crippen LogP contribution in [0.3, 0.4) is 0 Å². The van der Waals surface area contributed by atoms with Crippen molar-refractivity contribution in [1.29, 1.82) is 0 Å². The minimum absolute atomic E-state index is 0.126. The van der Waals surface area contributed by atoms with E-state index < -0.39 is 4.92 Å². The molecule has 1 aromatic heterocycles. The van der Waals surface area contributed by atoms with E-state index in [1.165, 1.54) is 30.2 Å². The van der Waals surface area contributed by atoms with E-state index >= 15 is 0 Å². The van der Waals surface area contributed by atoms with Gasteiger partial charge in [0.15, 0.2) is 18.1 Å². The Hall–Kier alpha value is -2.61. The van der Waals surface area contributed by atoms with Crippen LogP contribution in [0.1, 0.15) is 4.88 Å². The van der Waals surface area contributed by atoms with Crippen molar-refractivity contribution in [3.63, 3.8) is 0 Å². The molecule has 7 nitrogen and oxygen atoms in total. The van der Waals surface area contributed by atoms with Crippen LogP contribution in [0.4, 0.5) is 5.69 Å². The molecule has 0 unspecified atom stereocenters. The van der Waals surface area contributed by atoms with E-state index in [9.17, 15) is 14.9 Å². The summed E-state index contributed by atoms with van der Waals surface area (Å²) in [5, 5.41) is 15.5. The monoisotopic (exact) mass is 336 g/mol. The van der Waals surface area contributed by atoms with Crippen LogP contribution in [0.25, 0.3) is 0 Å². The lowest BCUT2D eigenvalue weighted by Gasteiger charge is -2.10. The smallest absolute Gasteiger partial charge is 0.273 e. The number of methoxy groups -OCH3 is 1. The number of nitro benzene ring substituents is 1. The summed E-state index contributed by atoms with van der Waals surface area (Å²) in [6.45, 7) is 0.275. The molecule has 23 heavy (non-hydrogen) atoms. The summed E-state index contributed by atoms with van der Waals surface area (Å²) in [4.78, 5) is 23.2. The number of hydrogen-bond donors (Lipinski definition) is 1. The fraction of sp³-hybridized carbons (Fsp3) is 0.267. The van der Waals surface area contributed by atoms with Gasteiger partial charge in [-0.3, -0.25) is 14.9 Å². The second-order valence-corrected chi connectivity index (χ2v) is 5.59. The lowest BCUT2D eigenvalue weighted by Crippen LogP contribution is -2.30. The first-order chi connectivity index (χ1) is 11.1. The molecule has 0 bridgehead atoms. The number of amides is 1. The first-order valence-corrected chi connectivity index (χ1v) is 7.72. The molecule has 2 aromatic rings. The van der Waals surface area contributed by atoms with Crippen molar-refractivity contribution in [2.75, 3.05) is 20.3 Å². The first-order valence-electron chi connectivity index (χ1n) is 6.84. The summed E-state index contributed by atoms with van der Waals surface area (Å²) < 4.78 is 10.4. The highest BCUT2D eigenvalue weighted by molar-refractivity contribution is 7.09. The van der Waals surface area contributed by atoms with E-state index in [-0.39, 0.29) is 24.0 Å². The Kier molecular flexibility index (Phi) is 5.93. The number of hydrogen-bond acceptors (Lipinski definition) is 6. The van der Waals surface area contributed by atoms with Gasteiger partial charge in [-0.2, -0.15) is 0 Å². The van der Waals surface area contributed by atoms with Crippen LogP contribution in [0.5, 0.6) is 11.5 Å². The van der Waals surface area contributed by atoms with Crippen LogP contribution in [-0.2, 0) is 11.2 Å². The zero-order valence-corrected chi connectivity index (χ0v) is 13.3. The van der Waals surface area contributed by atoms with Crippen LogP contribution in [-0.4, -0.2) is 31.1 Å². The number of nitro groups is 1. The third-order valence-corrected chi connectivity index (χ3v) is 3.93. The highest BCUT2D eigenvalue weighted by Gasteiger charge is 2.13. The van der Waals surface area contributed by atoms with Gasteiger partial charge in [0.2, 0.25) is 0 Å². The lowest BCUT2D eigenvalue weighted by atomic mass is 10.3. The Morgan fingerprint density at radius 2 is 2.17 bits per heavy atom. The highest BCUT2D eigenvalue weighted by atomic mass is 32.1. The summed E-state index contributed by atoms with van der Waals surface area (Å²) in [5.74, 6) is 0.201. The normalized spacial score (nSPS) is 10.1. The Balaban J connectivity index is 1.85.